The molecule has 1 aromatic rings. The van der Waals surface area contributed by atoms with Crippen LogP contribution >= 0.6 is 0 Å². The normalized spacial score (nSPS) is 15.9. The lowest BCUT2D eigenvalue weighted by Gasteiger charge is -2.16. The largest absolute Gasteiger partial charge is 0.395 e. The molecule has 0 bridgehead atoms. The first-order chi connectivity index (χ1) is 9.04. The van der Waals surface area contributed by atoms with E-state index in [4.69, 9.17) is 5.11 Å². The van der Waals surface area contributed by atoms with Crippen molar-refractivity contribution >= 4 is 10.0 Å². The number of nitrogens with one attached hydrogen (secondary N) is 1. The Balaban J connectivity index is 2.03. The van der Waals surface area contributed by atoms with Gasteiger partial charge in [0.1, 0.15) is 0 Å². The Morgan fingerprint density at radius 1 is 1.32 bits per heavy atom. The van der Waals surface area contributed by atoms with Crippen LogP contribution < -0.4 is 5.32 Å². The Labute approximate surface area is 114 Å². The summed E-state index contributed by atoms with van der Waals surface area (Å²) in [5.74, 6) is 0. The molecule has 5 nitrogen and oxygen atoms in total. The van der Waals surface area contributed by atoms with E-state index in [0.29, 0.717) is 6.04 Å². The van der Waals surface area contributed by atoms with Gasteiger partial charge in [0.05, 0.1) is 11.5 Å². The average Bonchev–Trinajstić information content (AvgIpc) is 3.21. The van der Waals surface area contributed by atoms with E-state index >= 15 is 0 Å². The standard InChI is InChI=1S/C13H20N2O3S/c1-15(8-9-16)19(17,18)13-6-2-11(3-7-13)10-14-12-4-5-12/h2-3,6-7,12,14,16H,4-5,8-10H2,1H3. The molecule has 19 heavy (non-hydrogen) atoms. The third-order valence-electron chi connectivity index (χ3n) is 3.22. The van der Waals surface area contributed by atoms with E-state index in [0.717, 1.165) is 16.4 Å². The van der Waals surface area contributed by atoms with Crippen molar-refractivity contribution in [2.75, 3.05) is 20.2 Å². The van der Waals surface area contributed by atoms with Gasteiger partial charge in [0.2, 0.25) is 10.0 Å². The molecule has 6 heteroatoms. The molecule has 1 aliphatic carbocycles. The minimum Gasteiger partial charge on any atom is -0.395 e. The van der Waals surface area contributed by atoms with E-state index in [1.54, 1.807) is 12.1 Å². The molecule has 0 saturated heterocycles. The summed E-state index contributed by atoms with van der Waals surface area (Å²) in [6.45, 7) is 0.698. The second kappa shape index (κ2) is 6.00. The van der Waals surface area contributed by atoms with Gasteiger partial charge in [-0.1, -0.05) is 12.1 Å². The van der Waals surface area contributed by atoms with Crippen LogP contribution in [0, 0.1) is 0 Å². The number of hydrogen-bond acceptors (Lipinski definition) is 4. The van der Waals surface area contributed by atoms with E-state index in [2.05, 4.69) is 5.32 Å². The van der Waals surface area contributed by atoms with Crippen LogP contribution in [0.4, 0.5) is 0 Å². The van der Waals surface area contributed by atoms with Gasteiger partial charge in [0, 0.05) is 26.2 Å². The molecule has 0 spiro atoms. The Morgan fingerprint density at radius 2 is 1.95 bits per heavy atom. The lowest BCUT2D eigenvalue weighted by atomic mass is 10.2. The van der Waals surface area contributed by atoms with Crippen LogP contribution in [0.5, 0.6) is 0 Å². The molecule has 0 aliphatic heterocycles. The summed E-state index contributed by atoms with van der Waals surface area (Å²) in [6.07, 6.45) is 2.47. The second-order valence-electron chi connectivity index (χ2n) is 4.85. The summed E-state index contributed by atoms with van der Waals surface area (Å²) in [5.41, 5.74) is 1.08. The summed E-state index contributed by atoms with van der Waals surface area (Å²) < 4.78 is 25.4. The molecule has 0 atom stereocenters. The zero-order chi connectivity index (χ0) is 13.9. The smallest absolute Gasteiger partial charge is 0.242 e. The van der Waals surface area contributed by atoms with Crippen LogP contribution in [-0.2, 0) is 16.6 Å². The van der Waals surface area contributed by atoms with Crippen LogP contribution in [0.3, 0.4) is 0 Å². The maximum atomic E-state index is 12.1. The van der Waals surface area contributed by atoms with Crippen molar-refractivity contribution in [2.45, 2.75) is 30.3 Å². The highest BCUT2D eigenvalue weighted by Gasteiger charge is 2.21. The van der Waals surface area contributed by atoms with Crippen molar-refractivity contribution in [2.24, 2.45) is 0 Å². The van der Waals surface area contributed by atoms with Crippen LogP contribution in [0.15, 0.2) is 29.2 Å². The highest BCUT2D eigenvalue weighted by Crippen LogP contribution is 2.20. The molecule has 1 saturated carbocycles. The molecule has 2 N–H and O–H groups in total. The number of nitrogens with zero attached hydrogens (tertiary/aromatic N) is 1. The molecule has 0 amide bonds. The van der Waals surface area contributed by atoms with Crippen LogP contribution in [-0.4, -0.2) is 44.1 Å². The predicted octanol–water partition coefficient (Wildman–Crippen LogP) is 0.551. The molecule has 1 aliphatic rings. The minimum atomic E-state index is -3.48. The maximum absolute atomic E-state index is 12.1. The van der Waals surface area contributed by atoms with E-state index in [-0.39, 0.29) is 18.0 Å². The number of hydrogen-bond donors (Lipinski definition) is 2. The molecule has 1 aromatic carbocycles. The molecule has 0 radical (unpaired) electrons. The van der Waals surface area contributed by atoms with Crippen LogP contribution in [0.2, 0.25) is 0 Å². The molecule has 0 aromatic heterocycles. The summed E-state index contributed by atoms with van der Waals surface area (Å²) in [4.78, 5) is 0.263. The monoisotopic (exact) mass is 284 g/mol. The second-order valence-corrected chi connectivity index (χ2v) is 6.89. The van der Waals surface area contributed by atoms with Crippen molar-refractivity contribution in [1.29, 1.82) is 0 Å². The average molecular weight is 284 g/mol. The van der Waals surface area contributed by atoms with Crippen molar-refractivity contribution in [3.05, 3.63) is 29.8 Å². The predicted molar refractivity (Wildman–Crippen MR) is 73.2 cm³/mol. The number of aliphatic hydroxyl groups is 1. The summed E-state index contributed by atoms with van der Waals surface area (Å²) in [5, 5.41) is 12.2. The van der Waals surface area contributed by atoms with E-state index in [9.17, 15) is 8.42 Å². The van der Waals surface area contributed by atoms with Gasteiger partial charge < -0.3 is 10.4 Å². The highest BCUT2D eigenvalue weighted by atomic mass is 32.2. The Bertz CT molecular complexity index is 509. The zero-order valence-corrected chi connectivity index (χ0v) is 11.9. The lowest BCUT2D eigenvalue weighted by molar-refractivity contribution is 0.266. The lowest BCUT2D eigenvalue weighted by Crippen LogP contribution is -2.29. The van der Waals surface area contributed by atoms with Gasteiger partial charge in [0.15, 0.2) is 0 Å². The first kappa shape index (κ1) is 14.5. The fourth-order valence-corrected chi connectivity index (χ4v) is 2.93. The SMILES string of the molecule is CN(CCO)S(=O)(=O)c1ccc(CNC2CC2)cc1. The fourth-order valence-electron chi connectivity index (χ4n) is 1.77. The molecule has 0 unspecified atom stereocenters. The van der Waals surface area contributed by atoms with E-state index in [1.165, 1.54) is 19.9 Å². The van der Waals surface area contributed by atoms with Gasteiger partial charge in [0.25, 0.3) is 0 Å². The summed E-state index contributed by atoms with van der Waals surface area (Å²) in [6, 6.07) is 7.53. The molecule has 2 rings (SSSR count). The summed E-state index contributed by atoms with van der Waals surface area (Å²) in [7, 11) is -2.02. The number of sulfonamides is 1. The molecule has 0 heterocycles. The first-order valence-electron chi connectivity index (χ1n) is 6.43. The van der Waals surface area contributed by atoms with Gasteiger partial charge in [-0.3, -0.25) is 0 Å². The fraction of sp³-hybridized carbons (Fsp3) is 0.538. The highest BCUT2D eigenvalue weighted by molar-refractivity contribution is 7.89. The molecule has 106 valence electrons. The molecular formula is C13H20N2O3S. The van der Waals surface area contributed by atoms with Crippen LogP contribution in [0.1, 0.15) is 18.4 Å². The number of benzene rings is 1. The summed E-state index contributed by atoms with van der Waals surface area (Å²) >= 11 is 0. The third kappa shape index (κ3) is 3.76. The van der Waals surface area contributed by atoms with Gasteiger partial charge in [-0.05, 0) is 30.5 Å². The van der Waals surface area contributed by atoms with Crippen molar-refractivity contribution in [3.8, 4) is 0 Å². The topological polar surface area (TPSA) is 69.6 Å². The number of aliphatic hydroxyl groups excluding tert-OH is 1. The maximum Gasteiger partial charge on any atom is 0.242 e. The number of rotatable bonds is 7. The van der Waals surface area contributed by atoms with Gasteiger partial charge in [-0.2, -0.15) is 4.31 Å². The van der Waals surface area contributed by atoms with Crippen molar-refractivity contribution in [3.63, 3.8) is 0 Å². The Kier molecular flexibility index (Phi) is 4.57. The Hall–Kier alpha value is -0.950. The minimum absolute atomic E-state index is 0.104. The van der Waals surface area contributed by atoms with E-state index < -0.39 is 10.0 Å². The van der Waals surface area contributed by atoms with Crippen LogP contribution in [0.25, 0.3) is 0 Å². The van der Waals surface area contributed by atoms with Gasteiger partial charge in [-0.25, -0.2) is 8.42 Å². The van der Waals surface area contributed by atoms with Crippen molar-refractivity contribution < 1.29 is 13.5 Å². The zero-order valence-electron chi connectivity index (χ0n) is 11.0. The van der Waals surface area contributed by atoms with Crippen molar-refractivity contribution in [1.82, 2.24) is 9.62 Å². The molecule has 1 fully saturated rings. The quantitative estimate of drug-likeness (QED) is 0.767. The molecular weight excluding hydrogens is 264 g/mol. The Morgan fingerprint density at radius 3 is 2.47 bits per heavy atom. The number of likely N-dealkylation sites (N-methyl/N-ethyl adjacent to an activating group) is 1. The van der Waals surface area contributed by atoms with E-state index in [1.807, 2.05) is 12.1 Å². The third-order valence-corrected chi connectivity index (χ3v) is 5.09. The first-order valence-corrected chi connectivity index (χ1v) is 7.87. The van der Waals surface area contributed by atoms with Gasteiger partial charge >= 0.3 is 0 Å². The van der Waals surface area contributed by atoms with Gasteiger partial charge in [-0.15, -0.1) is 0 Å².